The minimum Gasteiger partial charge on any atom is -0.356 e. The summed E-state index contributed by atoms with van der Waals surface area (Å²) in [5.41, 5.74) is 1.19. The van der Waals surface area contributed by atoms with Crippen molar-refractivity contribution in [3.05, 3.63) is 34.3 Å². The second-order valence-electron chi connectivity index (χ2n) is 5.39. The maximum absolute atomic E-state index is 11.8. The zero-order valence-corrected chi connectivity index (χ0v) is 15.2. The van der Waals surface area contributed by atoms with Crippen LogP contribution in [0.5, 0.6) is 0 Å². The van der Waals surface area contributed by atoms with Crippen LogP contribution in [0.1, 0.15) is 18.4 Å². The first-order valence-electron chi connectivity index (χ1n) is 7.69. The van der Waals surface area contributed by atoms with E-state index in [1.54, 1.807) is 0 Å². The molecule has 4 nitrogen and oxygen atoms in total. The molecule has 6 heteroatoms. The van der Waals surface area contributed by atoms with Crippen molar-refractivity contribution in [2.75, 3.05) is 39.3 Å². The van der Waals surface area contributed by atoms with Crippen LogP contribution in [0, 0.1) is 0 Å². The third-order valence-corrected chi connectivity index (χ3v) is 4.54. The third-order valence-electron chi connectivity index (χ3n) is 3.76. The first-order chi connectivity index (χ1) is 10.3. The van der Waals surface area contributed by atoms with Gasteiger partial charge in [0.15, 0.2) is 0 Å². The lowest BCUT2D eigenvalue weighted by molar-refractivity contribution is -0.121. The number of carbonyl (C=O) groups excluding carboxylic acids is 1. The highest BCUT2D eigenvalue weighted by Crippen LogP contribution is 2.17. The normalized spacial score (nSPS) is 15.1. The van der Waals surface area contributed by atoms with Crippen molar-refractivity contribution >= 4 is 34.2 Å². The average molecular weight is 391 g/mol. The monoisotopic (exact) mass is 389 g/mol. The van der Waals surface area contributed by atoms with E-state index in [1.165, 1.54) is 5.56 Å². The Bertz CT molecular complexity index is 453. The molecule has 1 fully saturated rings. The van der Waals surface area contributed by atoms with Crippen molar-refractivity contribution in [1.82, 2.24) is 15.5 Å². The Kier molecular flexibility index (Phi) is 9.71. The molecule has 1 aliphatic heterocycles. The van der Waals surface area contributed by atoms with Gasteiger partial charge in [-0.25, -0.2) is 0 Å². The summed E-state index contributed by atoms with van der Waals surface area (Å²) in [5, 5.41) is 6.36. The maximum Gasteiger partial charge on any atom is 0.220 e. The van der Waals surface area contributed by atoms with Crippen molar-refractivity contribution in [2.24, 2.45) is 0 Å². The molecule has 0 bridgehead atoms. The molecule has 0 saturated carbocycles. The Hall–Kier alpha value is -0.620. The summed E-state index contributed by atoms with van der Waals surface area (Å²) in [4.78, 5) is 14.3. The van der Waals surface area contributed by atoms with Gasteiger partial charge in [-0.2, -0.15) is 0 Å². The van der Waals surface area contributed by atoms with Crippen molar-refractivity contribution in [3.8, 4) is 0 Å². The van der Waals surface area contributed by atoms with Gasteiger partial charge in [0, 0.05) is 43.6 Å². The smallest absolute Gasteiger partial charge is 0.220 e. The number of halogens is 2. The number of aryl methyl sites for hydroxylation is 1. The Morgan fingerprint density at radius 3 is 2.73 bits per heavy atom. The molecule has 1 aliphatic rings. The molecular weight excluding hydrogens is 366 g/mol. The molecular formula is C16H25BrClN3O. The maximum atomic E-state index is 11.8. The summed E-state index contributed by atoms with van der Waals surface area (Å²) in [6.45, 7) is 6.26. The summed E-state index contributed by atoms with van der Waals surface area (Å²) in [5.74, 6) is 0.145. The number of nitrogens with one attached hydrogen (secondary N) is 2. The predicted octanol–water partition coefficient (Wildman–Crippen LogP) is 2.21. The second kappa shape index (κ2) is 11.0. The fraction of sp³-hybridized carbons (Fsp3) is 0.562. The molecule has 0 radical (unpaired) electrons. The van der Waals surface area contributed by atoms with Gasteiger partial charge in [0.05, 0.1) is 0 Å². The van der Waals surface area contributed by atoms with E-state index in [4.69, 9.17) is 0 Å². The van der Waals surface area contributed by atoms with Gasteiger partial charge in [-0.05, 0) is 31.0 Å². The SMILES string of the molecule is Cl.O=C(CCc1ccccc1Br)NCCCN1CCNCC1. The van der Waals surface area contributed by atoms with E-state index in [1.807, 2.05) is 18.2 Å². The fourth-order valence-electron chi connectivity index (χ4n) is 2.50. The van der Waals surface area contributed by atoms with Crippen LogP contribution in [0.25, 0.3) is 0 Å². The van der Waals surface area contributed by atoms with Crippen molar-refractivity contribution in [1.29, 1.82) is 0 Å². The molecule has 0 unspecified atom stereocenters. The highest BCUT2D eigenvalue weighted by molar-refractivity contribution is 9.10. The summed E-state index contributed by atoms with van der Waals surface area (Å²) < 4.78 is 1.08. The minimum atomic E-state index is 0. The van der Waals surface area contributed by atoms with E-state index in [0.29, 0.717) is 6.42 Å². The standard InChI is InChI=1S/C16H24BrN3O.ClH/c17-15-5-2-1-4-14(15)6-7-16(21)19-8-3-11-20-12-9-18-10-13-20;/h1-2,4-5,18H,3,6-13H2,(H,19,21);1H. The average Bonchev–Trinajstić information content (AvgIpc) is 2.52. The van der Waals surface area contributed by atoms with Crippen molar-refractivity contribution < 1.29 is 4.79 Å². The van der Waals surface area contributed by atoms with E-state index in [0.717, 1.165) is 56.6 Å². The van der Waals surface area contributed by atoms with Crippen molar-refractivity contribution in [3.63, 3.8) is 0 Å². The number of carbonyl (C=O) groups is 1. The molecule has 0 aromatic heterocycles. The third kappa shape index (κ3) is 7.09. The van der Waals surface area contributed by atoms with Crippen LogP contribution in [0.3, 0.4) is 0 Å². The number of amides is 1. The number of piperazine rings is 1. The van der Waals surface area contributed by atoms with E-state index in [2.05, 4.69) is 37.5 Å². The number of hydrogen-bond donors (Lipinski definition) is 2. The summed E-state index contributed by atoms with van der Waals surface area (Å²) >= 11 is 3.51. The van der Waals surface area contributed by atoms with Crippen LogP contribution in [-0.2, 0) is 11.2 Å². The lowest BCUT2D eigenvalue weighted by Gasteiger charge is -2.27. The van der Waals surface area contributed by atoms with Crippen LogP contribution < -0.4 is 10.6 Å². The van der Waals surface area contributed by atoms with Crippen LogP contribution in [-0.4, -0.2) is 50.1 Å². The summed E-state index contributed by atoms with van der Waals surface area (Å²) in [7, 11) is 0. The summed E-state index contributed by atoms with van der Waals surface area (Å²) in [6.07, 6.45) is 2.36. The van der Waals surface area contributed by atoms with Gasteiger partial charge < -0.3 is 15.5 Å². The van der Waals surface area contributed by atoms with Crippen LogP contribution in [0.2, 0.25) is 0 Å². The van der Waals surface area contributed by atoms with Gasteiger partial charge in [0.2, 0.25) is 5.91 Å². The predicted molar refractivity (Wildman–Crippen MR) is 96.6 cm³/mol. The minimum absolute atomic E-state index is 0. The van der Waals surface area contributed by atoms with Gasteiger partial charge in [-0.15, -0.1) is 12.4 Å². The molecule has 0 atom stereocenters. The molecule has 0 aliphatic carbocycles. The fourth-order valence-corrected chi connectivity index (χ4v) is 2.99. The molecule has 0 spiro atoms. The molecule has 1 aromatic rings. The summed E-state index contributed by atoms with van der Waals surface area (Å²) in [6, 6.07) is 8.07. The lowest BCUT2D eigenvalue weighted by atomic mass is 10.1. The Morgan fingerprint density at radius 1 is 1.27 bits per heavy atom. The molecule has 124 valence electrons. The molecule has 2 N–H and O–H groups in total. The first-order valence-corrected chi connectivity index (χ1v) is 8.48. The zero-order valence-electron chi connectivity index (χ0n) is 12.8. The van der Waals surface area contributed by atoms with Crippen LogP contribution in [0.4, 0.5) is 0 Å². The number of nitrogens with zero attached hydrogens (tertiary/aromatic N) is 1. The molecule has 1 aromatic carbocycles. The van der Waals surface area contributed by atoms with E-state index in [9.17, 15) is 4.79 Å². The highest BCUT2D eigenvalue weighted by atomic mass is 79.9. The molecule has 1 heterocycles. The number of benzene rings is 1. The Balaban J connectivity index is 0.00000242. The number of rotatable bonds is 7. The quantitative estimate of drug-likeness (QED) is 0.702. The second-order valence-corrected chi connectivity index (χ2v) is 6.24. The van der Waals surface area contributed by atoms with Crippen LogP contribution >= 0.6 is 28.3 Å². The van der Waals surface area contributed by atoms with Gasteiger partial charge in [0.1, 0.15) is 0 Å². The molecule has 1 amide bonds. The lowest BCUT2D eigenvalue weighted by Crippen LogP contribution is -2.44. The van der Waals surface area contributed by atoms with E-state index >= 15 is 0 Å². The van der Waals surface area contributed by atoms with E-state index < -0.39 is 0 Å². The van der Waals surface area contributed by atoms with Crippen LogP contribution in [0.15, 0.2) is 28.7 Å². The molecule has 1 saturated heterocycles. The molecule has 2 rings (SSSR count). The largest absolute Gasteiger partial charge is 0.356 e. The molecule has 22 heavy (non-hydrogen) atoms. The van der Waals surface area contributed by atoms with E-state index in [-0.39, 0.29) is 18.3 Å². The van der Waals surface area contributed by atoms with Gasteiger partial charge in [-0.1, -0.05) is 34.1 Å². The highest BCUT2D eigenvalue weighted by Gasteiger charge is 2.09. The van der Waals surface area contributed by atoms with Gasteiger partial charge in [0.25, 0.3) is 0 Å². The Morgan fingerprint density at radius 2 is 2.00 bits per heavy atom. The Labute approximate surface area is 147 Å². The van der Waals surface area contributed by atoms with Gasteiger partial charge in [-0.3, -0.25) is 4.79 Å². The van der Waals surface area contributed by atoms with Gasteiger partial charge >= 0.3 is 0 Å². The van der Waals surface area contributed by atoms with Crippen molar-refractivity contribution in [2.45, 2.75) is 19.3 Å². The first kappa shape index (κ1) is 19.4. The zero-order chi connectivity index (χ0) is 14.9. The topological polar surface area (TPSA) is 44.4 Å². The number of hydrogen-bond acceptors (Lipinski definition) is 3.